The first-order valence-electron chi connectivity index (χ1n) is 17.2. The van der Waals surface area contributed by atoms with Crippen LogP contribution in [0.25, 0.3) is 0 Å². The second kappa shape index (κ2) is 16.7. The second-order valence-electron chi connectivity index (χ2n) is 12.3. The Morgan fingerprint density at radius 3 is 1.33 bits per heavy atom. The maximum atomic E-state index is 13.1. The average Bonchev–Trinajstić information content (AvgIpc) is 3.87. The number of hydrogen-bond acceptors (Lipinski definition) is 13. The molecule has 288 valence electrons. The molecule has 1 N–H and O–H groups in total. The molecule has 1 amide bonds. The zero-order chi connectivity index (χ0) is 38.4. The number of methoxy groups -OCH3 is 6. The standard InChI is InChI=1S/C40H45NO13/c1-22(24-11-34(43-3)39(47-7)35(12-24)44-4)26-15-30-32(53-20-51-30)17-28(26)49-10-9-41-38(42)19-50-29-18-33-31(52-21-54-33)16-27(29)23(2)25-13-36(45-5)40(48-8)37(14-25)46-6/h11-18,22-23H,9-10,19-21H2,1-8H3,(H,41,42). The first kappa shape index (κ1) is 37.7. The molecule has 2 unspecified atom stereocenters. The lowest BCUT2D eigenvalue weighted by molar-refractivity contribution is -0.123. The van der Waals surface area contributed by atoms with E-state index in [-0.39, 0.29) is 51.1 Å². The lowest BCUT2D eigenvalue weighted by Crippen LogP contribution is -2.32. The molecule has 0 saturated carbocycles. The van der Waals surface area contributed by atoms with Crippen LogP contribution in [-0.4, -0.2) is 81.9 Å². The summed E-state index contributed by atoms with van der Waals surface area (Å²) in [5.74, 6) is 5.72. The fraction of sp³-hybridized carbons (Fsp3) is 0.375. The van der Waals surface area contributed by atoms with Crippen molar-refractivity contribution in [3.63, 3.8) is 0 Å². The highest BCUT2D eigenvalue weighted by Gasteiger charge is 2.26. The molecule has 6 rings (SSSR count). The van der Waals surface area contributed by atoms with Gasteiger partial charge in [0.15, 0.2) is 52.6 Å². The first-order chi connectivity index (χ1) is 26.2. The third kappa shape index (κ3) is 7.68. The number of carbonyl (C=O) groups is 1. The Hall–Kier alpha value is -6.05. The van der Waals surface area contributed by atoms with E-state index in [2.05, 4.69) is 5.32 Å². The minimum absolute atomic E-state index is 0.0869. The van der Waals surface area contributed by atoms with E-state index < -0.39 is 0 Å². The van der Waals surface area contributed by atoms with Crippen molar-refractivity contribution in [2.45, 2.75) is 25.7 Å². The van der Waals surface area contributed by atoms with E-state index in [0.29, 0.717) is 69.0 Å². The van der Waals surface area contributed by atoms with Gasteiger partial charge in [0.1, 0.15) is 18.1 Å². The predicted octanol–water partition coefficient (Wildman–Crippen LogP) is 6.07. The molecule has 4 aromatic rings. The Morgan fingerprint density at radius 2 is 0.944 bits per heavy atom. The number of amides is 1. The number of fused-ring (bicyclic) bond motifs is 2. The molecule has 0 aromatic heterocycles. The van der Waals surface area contributed by atoms with Gasteiger partial charge in [-0.3, -0.25) is 4.79 Å². The molecular formula is C40H45NO13. The van der Waals surface area contributed by atoms with Gasteiger partial charge in [-0.2, -0.15) is 0 Å². The molecule has 2 heterocycles. The smallest absolute Gasteiger partial charge is 0.258 e. The normalized spacial score (nSPS) is 13.4. The maximum absolute atomic E-state index is 13.1. The van der Waals surface area contributed by atoms with Crippen LogP contribution in [0.2, 0.25) is 0 Å². The number of benzene rings is 4. The van der Waals surface area contributed by atoms with Crippen molar-refractivity contribution in [2.24, 2.45) is 0 Å². The van der Waals surface area contributed by atoms with Gasteiger partial charge in [0.05, 0.1) is 49.2 Å². The summed E-state index contributed by atoms with van der Waals surface area (Å²) in [6, 6.07) is 14.9. The van der Waals surface area contributed by atoms with Gasteiger partial charge in [0.2, 0.25) is 25.1 Å². The molecule has 4 aromatic carbocycles. The summed E-state index contributed by atoms with van der Waals surface area (Å²) in [4.78, 5) is 13.1. The van der Waals surface area contributed by atoms with Crippen LogP contribution < -0.4 is 62.2 Å². The molecule has 0 fully saturated rings. The lowest BCUT2D eigenvalue weighted by Gasteiger charge is -2.21. The molecule has 0 spiro atoms. The Labute approximate surface area is 314 Å². The van der Waals surface area contributed by atoms with Gasteiger partial charge in [0.25, 0.3) is 5.91 Å². The van der Waals surface area contributed by atoms with Crippen LogP contribution in [0, 0.1) is 0 Å². The van der Waals surface area contributed by atoms with Crippen molar-refractivity contribution in [2.75, 3.05) is 76.0 Å². The van der Waals surface area contributed by atoms with Crippen LogP contribution in [0.4, 0.5) is 0 Å². The van der Waals surface area contributed by atoms with Crippen LogP contribution in [0.1, 0.15) is 47.9 Å². The number of nitrogens with one attached hydrogen (secondary N) is 1. The number of rotatable bonds is 17. The Morgan fingerprint density at radius 1 is 0.556 bits per heavy atom. The van der Waals surface area contributed by atoms with Crippen molar-refractivity contribution in [1.82, 2.24) is 5.32 Å². The van der Waals surface area contributed by atoms with E-state index in [0.717, 1.165) is 22.3 Å². The fourth-order valence-electron chi connectivity index (χ4n) is 6.41. The predicted molar refractivity (Wildman–Crippen MR) is 196 cm³/mol. The summed E-state index contributed by atoms with van der Waals surface area (Å²) < 4.78 is 68.3. The van der Waals surface area contributed by atoms with Crippen LogP contribution >= 0.6 is 0 Å². The zero-order valence-corrected chi connectivity index (χ0v) is 31.6. The Bertz CT molecular complexity index is 1930. The molecule has 0 radical (unpaired) electrons. The first-order valence-corrected chi connectivity index (χ1v) is 17.2. The molecule has 2 aliphatic rings. The van der Waals surface area contributed by atoms with Gasteiger partial charge in [-0.05, 0) is 47.5 Å². The largest absolute Gasteiger partial charge is 0.493 e. The summed E-state index contributed by atoms with van der Waals surface area (Å²) in [6.07, 6.45) is 0. The SMILES string of the molecule is COc1cc(C(C)c2cc3c(cc2OCCNC(=O)COc2cc4c(cc2C(C)c2cc(OC)c(OC)c(OC)c2)OCO4)OCO3)cc(OC)c1OC. The van der Waals surface area contributed by atoms with Crippen molar-refractivity contribution in [3.05, 3.63) is 70.8 Å². The maximum Gasteiger partial charge on any atom is 0.258 e. The number of hydrogen-bond donors (Lipinski definition) is 1. The van der Waals surface area contributed by atoms with Gasteiger partial charge in [-0.1, -0.05) is 13.8 Å². The topological polar surface area (TPSA) is 140 Å². The van der Waals surface area contributed by atoms with Crippen molar-refractivity contribution >= 4 is 5.91 Å². The molecule has 2 atom stereocenters. The highest BCUT2D eigenvalue weighted by atomic mass is 16.7. The molecule has 54 heavy (non-hydrogen) atoms. The minimum atomic E-state index is -0.334. The summed E-state index contributed by atoms with van der Waals surface area (Å²) in [7, 11) is 9.40. The van der Waals surface area contributed by atoms with Gasteiger partial charge in [0, 0.05) is 35.1 Å². The molecule has 0 saturated heterocycles. The molecule has 0 bridgehead atoms. The van der Waals surface area contributed by atoms with Gasteiger partial charge in [-0.25, -0.2) is 0 Å². The van der Waals surface area contributed by atoms with Crippen molar-refractivity contribution in [3.8, 4) is 69.0 Å². The molecule has 14 heteroatoms. The van der Waals surface area contributed by atoms with Crippen LogP contribution in [0.3, 0.4) is 0 Å². The zero-order valence-electron chi connectivity index (χ0n) is 31.6. The van der Waals surface area contributed by atoms with E-state index in [1.807, 2.05) is 50.2 Å². The summed E-state index contributed by atoms with van der Waals surface area (Å²) in [5.41, 5.74) is 3.40. The van der Waals surface area contributed by atoms with E-state index in [1.54, 1.807) is 54.8 Å². The van der Waals surface area contributed by atoms with E-state index in [9.17, 15) is 4.79 Å². The van der Waals surface area contributed by atoms with Crippen LogP contribution in [0.5, 0.6) is 69.0 Å². The van der Waals surface area contributed by atoms with E-state index >= 15 is 0 Å². The fourth-order valence-corrected chi connectivity index (χ4v) is 6.41. The highest BCUT2D eigenvalue weighted by molar-refractivity contribution is 5.77. The number of ether oxygens (including phenoxy) is 12. The van der Waals surface area contributed by atoms with Gasteiger partial charge < -0.3 is 62.2 Å². The Kier molecular flexibility index (Phi) is 11.7. The van der Waals surface area contributed by atoms with E-state index in [1.165, 1.54) is 0 Å². The van der Waals surface area contributed by atoms with Crippen molar-refractivity contribution < 1.29 is 61.6 Å². The highest BCUT2D eigenvalue weighted by Crippen LogP contribution is 2.47. The summed E-state index contributed by atoms with van der Waals surface area (Å²) in [5, 5.41) is 2.88. The third-order valence-corrected chi connectivity index (χ3v) is 9.36. The second-order valence-corrected chi connectivity index (χ2v) is 12.3. The molecular weight excluding hydrogens is 702 g/mol. The number of carbonyl (C=O) groups excluding carboxylic acids is 1. The van der Waals surface area contributed by atoms with Gasteiger partial charge >= 0.3 is 0 Å². The van der Waals surface area contributed by atoms with Crippen LogP contribution in [-0.2, 0) is 4.79 Å². The summed E-state index contributed by atoms with van der Waals surface area (Å²) in [6.45, 7) is 4.38. The average molecular weight is 748 g/mol. The molecule has 2 aliphatic heterocycles. The molecule has 14 nitrogen and oxygen atoms in total. The quantitative estimate of drug-likeness (QED) is 0.125. The summed E-state index contributed by atoms with van der Waals surface area (Å²) >= 11 is 0. The monoisotopic (exact) mass is 747 g/mol. The van der Waals surface area contributed by atoms with E-state index in [4.69, 9.17) is 56.8 Å². The van der Waals surface area contributed by atoms with Gasteiger partial charge in [-0.15, -0.1) is 0 Å². The minimum Gasteiger partial charge on any atom is -0.493 e. The van der Waals surface area contributed by atoms with Crippen molar-refractivity contribution in [1.29, 1.82) is 0 Å². The van der Waals surface area contributed by atoms with Crippen LogP contribution in [0.15, 0.2) is 48.5 Å². The Balaban J connectivity index is 1.13. The lowest BCUT2D eigenvalue weighted by atomic mass is 9.91. The molecule has 0 aliphatic carbocycles. The third-order valence-electron chi connectivity index (χ3n) is 9.36.